The second-order valence-corrected chi connectivity index (χ2v) is 5.82. The molecule has 0 aromatic carbocycles. The van der Waals surface area contributed by atoms with Gasteiger partial charge in [-0.3, -0.25) is 4.98 Å². The average Bonchev–Trinajstić information content (AvgIpc) is 3.10. The van der Waals surface area contributed by atoms with Crippen LogP contribution in [0.15, 0.2) is 18.3 Å². The van der Waals surface area contributed by atoms with Gasteiger partial charge in [-0.1, -0.05) is 0 Å². The molecule has 1 aliphatic carbocycles. The molecule has 92 valence electrons. The van der Waals surface area contributed by atoms with E-state index in [9.17, 15) is 0 Å². The summed E-state index contributed by atoms with van der Waals surface area (Å²) in [7, 11) is 0. The minimum Gasteiger partial charge on any atom is -0.377 e. The fourth-order valence-electron chi connectivity index (χ4n) is 2.50. The SMILES string of the molecule is CC(S)c1ccc(N2CCOCC23CC3)cn1. The zero-order valence-corrected chi connectivity index (χ0v) is 11.0. The highest BCUT2D eigenvalue weighted by molar-refractivity contribution is 7.80. The third-order valence-electron chi connectivity index (χ3n) is 3.74. The molecule has 1 saturated carbocycles. The van der Waals surface area contributed by atoms with Crippen LogP contribution in [0, 0.1) is 0 Å². The van der Waals surface area contributed by atoms with Gasteiger partial charge >= 0.3 is 0 Å². The maximum Gasteiger partial charge on any atom is 0.0699 e. The summed E-state index contributed by atoms with van der Waals surface area (Å²) >= 11 is 4.40. The van der Waals surface area contributed by atoms with Crippen LogP contribution in [0.5, 0.6) is 0 Å². The molecule has 0 N–H and O–H groups in total. The Kier molecular flexibility index (Phi) is 2.79. The standard InChI is InChI=1S/C13H18N2OS/c1-10(17)12-3-2-11(8-14-12)15-6-7-16-9-13(15)4-5-13/h2-3,8,10,17H,4-7,9H2,1H3. The number of morpholine rings is 1. The van der Waals surface area contributed by atoms with Gasteiger partial charge < -0.3 is 9.64 Å². The number of aromatic nitrogens is 1. The first kappa shape index (κ1) is 11.4. The molecule has 2 aliphatic rings. The third kappa shape index (κ3) is 2.04. The van der Waals surface area contributed by atoms with Crippen molar-refractivity contribution in [3.05, 3.63) is 24.0 Å². The van der Waals surface area contributed by atoms with Crippen LogP contribution in [0.4, 0.5) is 5.69 Å². The van der Waals surface area contributed by atoms with Gasteiger partial charge in [0.05, 0.1) is 36.3 Å². The van der Waals surface area contributed by atoms with E-state index in [4.69, 9.17) is 4.74 Å². The van der Waals surface area contributed by atoms with Crippen molar-refractivity contribution in [3.8, 4) is 0 Å². The normalized spacial score (nSPS) is 23.8. The van der Waals surface area contributed by atoms with Crippen molar-refractivity contribution in [3.63, 3.8) is 0 Å². The Morgan fingerprint density at radius 3 is 2.88 bits per heavy atom. The number of pyridine rings is 1. The lowest BCUT2D eigenvalue weighted by atomic mass is 10.1. The van der Waals surface area contributed by atoms with E-state index in [0.29, 0.717) is 0 Å². The van der Waals surface area contributed by atoms with Crippen LogP contribution in [-0.4, -0.2) is 30.3 Å². The highest BCUT2D eigenvalue weighted by Crippen LogP contribution is 2.45. The van der Waals surface area contributed by atoms with Crippen LogP contribution in [0.1, 0.15) is 30.7 Å². The van der Waals surface area contributed by atoms with Crippen molar-refractivity contribution in [1.29, 1.82) is 0 Å². The summed E-state index contributed by atoms with van der Waals surface area (Å²) in [5.41, 5.74) is 2.55. The van der Waals surface area contributed by atoms with E-state index in [1.54, 1.807) is 0 Å². The van der Waals surface area contributed by atoms with Gasteiger partial charge in [0, 0.05) is 11.8 Å². The van der Waals surface area contributed by atoms with Gasteiger partial charge in [-0.2, -0.15) is 12.6 Å². The molecule has 0 amide bonds. The molecule has 1 saturated heterocycles. The Hall–Kier alpha value is -0.740. The van der Waals surface area contributed by atoms with E-state index in [0.717, 1.165) is 25.5 Å². The molecule has 1 aromatic heterocycles. The Morgan fingerprint density at radius 1 is 1.47 bits per heavy atom. The van der Waals surface area contributed by atoms with Gasteiger partial charge in [0.25, 0.3) is 0 Å². The number of thiol groups is 1. The maximum absolute atomic E-state index is 5.59. The lowest BCUT2D eigenvalue weighted by Gasteiger charge is -2.37. The monoisotopic (exact) mass is 250 g/mol. The second-order valence-electron chi connectivity index (χ2n) is 5.05. The van der Waals surface area contributed by atoms with E-state index in [1.807, 2.05) is 13.1 Å². The number of ether oxygens (including phenoxy) is 1. The topological polar surface area (TPSA) is 25.4 Å². The molecule has 1 atom stereocenters. The predicted molar refractivity (Wildman–Crippen MR) is 71.8 cm³/mol. The molecule has 3 nitrogen and oxygen atoms in total. The molecule has 0 radical (unpaired) electrons. The van der Waals surface area contributed by atoms with Gasteiger partial charge in [0.1, 0.15) is 0 Å². The Labute approximate surface area is 108 Å². The van der Waals surface area contributed by atoms with Gasteiger partial charge in [-0.15, -0.1) is 0 Å². The molecule has 1 spiro atoms. The smallest absolute Gasteiger partial charge is 0.0699 e. The van der Waals surface area contributed by atoms with Crippen molar-refractivity contribution in [2.45, 2.75) is 30.6 Å². The highest BCUT2D eigenvalue weighted by Gasteiger charge is 2.50. The average molecular weight is 250 g/mol. The second kappa shape index (κ2) is 4.18. The first-order valence-electron chi connectivity index (χ1n) is 6.21. The van der Waals surface area contributed by atoms with Crippen LogP contribution < -0.4 is 4.90 Å². The number of anilines is 1. The molecule has 17 heavy (non-hydrogen) atoms. The zero-order chi connectivity index (χ0) is 11.9. The molecule has 3 rings (SSSR count). The molecule has 1 aliphatic heterocycles. The molecular weight excluding hydrogens is 232 g/mol. The molecule has 1 aromatic rings. The first-order chi connectivity index (χ1) is 8.21. The molecule has 2 fully saturated rings. The van der Waals surface area contributed by atoms with Gasteiger partial charge in [0.2, 0.25) is 0 Å². The zero-order valence-electron chi connectivity index (χ0n) is 10.1. The van der Waals surface area contributed by atoms with Crippen molar-refractivity contribution >= 4 is 18.3 Å². The van der Waals surface area contributed by atoms with Crippen LogP contribution in [-0.2, 0) is 4.74 Å². The summed E-state index contributed by atoms with van der Waals surface area (Å²) in [5, 5.41) is 0.198. The van der Waals surface area contributed by atoms with Crippen LogP contribution >= 0.6 is 12.6 Å². The summed E-state index contributed by atoms with van der Waals surface area (Å²) in [6.07, 6.45) is 4.48. The lowest BCUT2D eigenvalue weighted by Crippen LogP contribution is -2.47. The summed E-state index contributed by atoms with van der Waals surface area (Å²) in [6, 6.07) is 4.25. The maximum atomic E-state index is 5.59. The van der Waals surface area contributed by atoms with Crippen molar-refractivity contribution in [1.82, 2.24) is 4.98 Å². The van der Waals surface area contributed by atoms with Crippen molar-refractivity contribution in [2.75, 3.05) is 24.7 Å². The first-order valence-corrected chi connectivity index (χ1v) is 6.72. The van der Waals surface area contributed by atoms with Crippen molar-refractivity contribution < 1.29 is 4.74 Å². The number of nitrogens with zero attached hydrogens (tertiary/aromatic N) is 2. The quantitative estimate of drug-likeness (QED) is 0.816. The summed E-state index contributed by atoms with van der Waals surface area (Å²) in [5.74, 6) is 0. The van der Waals surface area contributed by atoms with Crippen LogP contribution in [0.25, 0.3) is 0 Å². The van der Waals surface area contributed by atoms with Gasteiger partial charge in [0.15, 0.2) is 0 Å². The Morgan fingerprint density at radius 2 is 2.29 bits per heavy atom. The van der Waals surface area contributed by atoms with E-state index in [2.05, 4.69) is 34.6 Å². The van der Waals surface area contributed by atoms with Crippen LogP contribution in [0.2, 0.25) is 0 Å². The summed E-state index contributed by atoms with van der Waals surface area (Å²) in [6.45, 7) is 4.73. The fraction of sp³-hybridized carbons (Fsp3) is 0.615. The minimum absolute atomic E-state index is 0.198. The lowest BCUT2D eigenvalue weighted by molar-refractivity contribution is 0.0864. The van der Waals surface area contributed by atoms with E-state index in [-0.39, 0.29) is 10.8 Å². The Bertz CT molecular complexity index is 400. The highest BCUT2D eigenvalue weighted by atomic mass is 32.1. The summed E-state index contributed by atoms with van der Waals surface area (Å²) in [4.78, 5) is 6.96. The van der Waals surface area contributed by atoms with E-state index >= 15 is 0 Å². The Balaban J connectivity index is 1.83. The molecule has 2 heterocycles. The number of rotatable bonds is 2. The molecular formula is C13H18N2OS. The third-order valence-corrected chi connectivity index (χ3v) is 4.00. The number of hydrogen-bond acceptors (Lipinski definition) is 4. The molecule has 1 unspecified atom stereocenters. The summed E-state index contributed by atoms with van der Waals surface area (Å²) < 4.78 is 5.59. The van der Waals surface area contributed by atoms with E-state index in [1.165, 1.54) is 18.5 Å². The molecule has 0 bridgehead atoms. The van der Waals surface area contributed by atoms with Gasteiger partial charge in [-0.05, 0) is 31.9 Å². The van der Waals surface area contributed by atoms with Gasteiger partial charge in [-0.25, -0.2) is 0 Å². The number of hydrogen-bond donors (Lipinski definition) is 1. The largest absolute Gasteiger partial charge is 0.377 e. The fourth-order valence-corrected chi connectivity index (χ4v) is 2.65. The minimum atomic E-state index is 0.198. The van der Waals surface area contributed by atoms with E-state index < -0.39 is 0 Å². The van der Waals surface area contributed by atoms with Crippen LogP contribution in [0.3, 0.4) is 0 Å². The predicted octanol–water partition coefficient (Wildman–Crippen LogP) is 2.44. The van der Waals surface area contributed by atoms with Crippen molar-refractivity contribution in [2.24, 2.45) is 0 Å². The molecule has 4 heteroatoms.